The van der Waals surface area contributed by atoms with Gasteiger partial charge in [0.2, 0.25) is 12.3 Å². The minimum Gasteiger partial charge on any atom is -0.481 e. The number of aromatic nitrogens is 2. The van der Waals surface area contributed by atoms with Crippen molar-refractivity contribution in [1.29, 1.82) is 5.26 Å². The van der Waals surface area contributed by atoms with Crippen LogP contribution in [-0.2, 0) is 27.8 Å². The van der Waals surface area contributed by atoms with Gasteiger partial charge in [-0.15, -0.1) is 0 Å². The second-order valence-electron chi connectivity index (χ2n) is 7.05. The zero-order valence-corrected chi connectivity index (χ0v) is 15.2. The monoisotopic (exact) mass is 354 g/mol. The first-order valence-electron chi connectivity index (χ1n) is 8.74. The van der Waals surface area contributed by atoms with Crippen LogP contribution in [0, 0.1) is 23.2 Å². The normalized spacial score (nSPS) is 26.8. The summed E-state index contributed by atoms with van der Waals surface area (Å²) in [5, 5.41) is 12.0. The van der Waals surface area contributed by atoms with Crippen molar-refractivity contribution in [3.63, 3.8) is 0 Å². The van der Waals surface area contributed by atoms with Gasteiger partial charge in [-0.2, -0.15) is 10.2 Å². The Kier molecular flexibility index (Phi) is 4.77. The molecule has 2 aliphatic carbocycles. The summed E-state index contributed by atoms with van der Waals surface area (Å²) in [5.74, 6) is 0.879. The molecular weight excluding hydrogens is 332 g/mol. The van der Waals surface area contributed by atoms with Crippen LogP contribution in [0.5, 0.6) is 5.88 Å². The molecule has 7 heteroatoms. The molecule has 0 spiro atoms. The molecule has 0 aromatic carbocycles. The van der Waals surface area contributed by atoms with Crippen LogP contribution in [0.2, 0.25) is 0 Å². The Morgan fingerprint density at radius 1 is 1.50 bits per heavy atom. The van der Waals surface area contributed by atoms with Crippen LogP contribution < -0.4 is 10.1 Å². The first-order chi connectivity index (χ1) is 12.5. The average Bonchev–Trinajstić information content (AvgIpc) is 2.64. The Morgan fingerprint density at radius 2 is 2.27 bits per heavy atom. The summed E-state index contributed by atoms with van der Waals surface area (Å²) in [7, 11) is 1.58. The van der Waals surface area contributed by atoms with Crippen molar-refractivity contribution in [3.05, 3.63) is 28.7 Å². The Labute approximate surface area is 152 Å². The lowest BCUT2D eigenvalue weighted by Gasteiger charge is -2.45. The summed E-state index contributed by atoms with van der Waals surface area (Å²) in [6.07, 6.45) is 4.45. The number of amides is 1. The molecule has 2 aliphatic rings. The number of hydrogen-bond donors (Lipinski definition) is 1. The molecular formula is C19H22N4O3. The molecule has 0 saturated carbocycles. The van der Waals surface area contributed by atoms with Gasteiger partial charge in [0.25, 0.3) is 0 Å². The Morgan fingerprint density at radius 3 is 2.92 bits per heavy atom. The molecule has 0 saturated heterocycles. The van der Waals surface area contributed by atoms with Crippen LogP contribution in [0.25, 0.3) is 0 Å². The van der Waals surface area contributed by atoms with Crippen LogP contribution in [-0.4, -0.2) is 35.8 Å². The van der Waals surface area contributed by atoms with E-state index in [1.54, 1.807) is 13.2 Å². The molecule has 1 N–H and O–H groups in total. The smallest absolute Gasteiger partial charge is 0.219 e. The highest BCUT2D eigenvalue weighted by Crippen LogP contribution is 2.50. The summed E-state index contributed by atoms with van der Waals surface area (Å²) >= 11 is 0. The van der Waals surface area contributed by atoms with E-state index in [9.17, 15) is 14.9 Å². The second-order valence-corrected chi connectivity index (χ2v) is 7.05. The fourth-order valence-corrected chi connectivity index (χ4v) is 4.31. The minimum atomic E-state index is -0.519. The number of hydrogen-bond acceptors (Lipinski definition) is 6. The van der Waals surface area contributed by atoms with Crippen LogP contribution in [0.15, 0.2) is 11.6 Å². The number of methoxy groups -OCH3 is 1. The summed E-state index contributed by atoms with van der Waals surface area (Å²) in [6, 6.07) is 2.05. The van der Waals surface area contributed by atoms with Crippen molar-refractivity contribution < 1.29 is 14.3 Å². The maximum absolute atomic E-state index is 12.4. The molecule has 3 atom stereocenters. The molecule has 136 valence electrons. The van der Waals surface area contributed by atoms with E-state index >= 15 is 0 Å². The van der Waals surface area contributed by atoms with E-state index < -0.39 is 5.41 Å². The lowest BCUT2D eigenvalue weighted by molar-refractivity contribution is -0.121. The average molecular weight is 354 g/mol. The number of carbonyl (C=O) groups excluding carboxylic acids is 2. The first-order valence-corrected chi connectivity index (χ1v) is 8.74. The Balaban J connectivity index is 2.14. The van der Waals surface area contributed by atoms with Gasteiger partial charge < -0.3 is 10.1 Å². The number of allylic oxidation sites excluding steroid dienone is 2. The number of ether oxygens (including phenoxy) is 1. The lowest BCUT2D eigenvalue weighted by atomic mass is 9.58. The number of nitrogens with zero attached hydrogens (tertiary/aromatic N) is 3. The van der Waals surface area contributed by atoms with Gasteiger partial charge in [-0.3, -0.25) is 9.59 Å². The quantitative estimate of drug-likeness (QED) is 0.630. The summed E-state index contributed by atoms with van der Waals surface area (Å²) in [5.41, 5.74) is 1.45. The third kappa shape index (κ3) is 2.75. The number of carbonyl (C=O) groups is 2. The lowest BCUT2D eigenvalue weighted by Crippen LogP contribution is -2.46. The summed E-state index contributed by atoms with van der Waals surface area (Å²) < 4.78 is 5.49. The maximum atomic E-state index is 12.4. The van der Waals surface area contributed by atoms with E-state index in [0.717, 1.165) is 24.1 Å². The molecule has 3 rings (SSSR count). The Bertz CT molecular complexity index is 827. The fourth-order valence-electron chi connectivity index (χ4n) is 4.31. The number of Topliss-reactive ketones (excluding diaryl/α,β-unsaturated/α-hetero) is 1. The van der Waals surface area contributed by atoms with Crippen molar-refractivity contribution in [2.24, 2.45) is 11.8 Å². The molecule has 0 radical (unpaired) electrons. The number of ketones is 1. The van der Waals surface area contributed by atoms with Gasteiger partial charge in [-0.05, 0) is 18.8 Å². The molecule has 1 aromatic heterocycles. The predicted molar refractivity (Wildman–Crippen MR) is 93.4 cm³/mol. The molecule has 0 unspecified atom stereocenters. The van der Waals surface area contributed by atoms with Crippen LogP contribution >= 0.6 is 0 Å². The van der Waals surface area contributed by atoms with Gasteiger partial charge in [0.1, 0.15) is 11.9 Å². The molecule has 0 aliphatic heterocycles. The number of fused-ring (bicyclic) bond motifs is 3. The second kappa shape index (κ2) is 6.87. The highest BCUT2D eigenvalue weighted by atomic mass is 16.5. The molecule has 0 fully saturated rings. The van der Waals surface area contributed by atoms with Crippen LogP contribution in [0.4, 0.5) is 0 Å². The van der Waals surface area contributed by atoms with Crippen LogP contribution in [0.1, 0.15) is 37.4 Å². The van der Waals surface area contributed by atoms with E-state index in [0.29, 0.717) is 31.1 Å². The van der Waals surface area contributed by atoms with Gasteiger partial charge in [0.05, 0.1) is 18.4 Å². The van der Waals surface area contributed by atoms with Crippen molar-refractivity contribution >= 4 is 12.2 Å². The fraction of sp³-hybridized carbons (Fsp3) is 0.526. The SMILES string of the molecule is COc1nc(CCNC=O)nc2c1CC[C@@H]1[C@@H](C)C(=O)C(C#N)=C[C@@]21C. The van der Waals surface area contributed by atoms with E-state index in [-0.39, 0.29) is 23.2 Å². The van der Waals surface area contributed by atoms with Crippen molar-refractivity contribution in [3.8, 4) is 11.9 Å². The number of rotatable bonds is 5. The largest absolute Gasteiger partial charge is 0.481 e. The third-order valence-corrected chi connectivity index (χ3v) is 5.62. The van der Waals surface area contributed by atoms with Crippen LogP contribution in [0.3, 0.4) is 0 Å². The van der Waals surface area contributed by atoms with Crippen molar-refractivity contribution in [2.45, 2.75) is 38.5 Å². The zero-order valence-electron chi connectivity index (χ0n) is 15.2. The van der Waals surface area contributed by atoms with Gasteiger partial charge in [-0.1, -0.05) is 19.9 Å². The topological polar surface area (TPSA) is 105 Å². The van der Waals surface area contributed by atoms with Gasteiger partial charge in [0, 0.05) is 29.9 Å². The van der Waals surface area contributed by atoms with Gasteiger partial charge in [0.15, 0.2) is 5.78 Å². The summed E-state index contributed by atoms with van der Waals surface area (Å²) in [6.45, 7) is 4.36. The first kappa shape index (κ1) is 18.1. The molecule has 26 heavy (non-hydrogen) atoms. The van der Waals surface area contributed by atoms with Crippen molar-refractivity contribution in [1.82, 2.24) is 15.3 Å². The van der Waals surface area contributed by atoms with E-state index in [2.05, 4.69) is 10.3 Å². The van der Waals surface area contributed by atoms with Gasteiger partial charge in [-0.25, -0.2) is 4.98 Å². The molecule has 0 bridgehead atoms. The molecule has 7 nitrogen and oxygen atoms in total. The van der Waals surface area contributed by atoms with Gasteiger partial charge >= 0.3 is 0 Å². The zero-order chi connectivity index (χ0) is 18.9. The third-order valence-electron chi connectivity index (χ3n) is 5.62. The standard InChI is InChI=1S/C19H22N4O3/c1-11-14-5-4-13-17(19(14,2)8-12(9-20)16(11)25)22-15(6-7-21-10-24)23-18(13)26-3/h8,10-11,14H,4-7H2,1-3H3,(H,21,24)/t11-,14-,19-/m1/s1. The number of nitriles is 1. The summed E-state index contributed by atoms with van der Waals surface area (Å²) in [4.78, 5) is 32.2. The van der Waals surface area contributed by atoms with E-state index in [4.69, 9.17) is 9.72 Å². The highest BCUT2D eigenvalue weighted by Gasteiger charge is 2.49. The highest BCUT2D eigenvalue weighted by molar-refractivity contribution is 6.02. The minimum absolute atomic E-state index is 0.0835. The maximum Gasteiger partial charge on any atom is 0.219 e. The van der Waals surface area contributed by atoms with E-state index in [1.807, 2.05) is 19.9 Å². The molecule has 1 amide bonds. The van der Waals surface area contributed by atoms with Crippen molar-refractivity contribution in [2.75, 3.05) is 13.7 Å². The molecule has 1 aromatic rings. The van der Waals surface area contributed by atoms with E-state index in [1.165, 1.54) is 0 Å². The Hall–Kier alpha value is -2.75. The molecule has 1 heterocycles. The predicted octanol–water partition coefficient (Wildman–Crippen LogP) is 1.26. The number of nitrogens with one attached hydrogen (secondary N) is 1.